The highest BCUT2D eigenvalue weighted by molar-refractivity contribution is 6.62. The number of amides is 3. The molecule has 13 nitrogen and oxygen atoms in total. The summed E-state index contributed by atoms with van der Waals surface area (Å²) in [4.78, 5) is 52.2. The van der Waals surface area contributed by atoms with E-state index in [1.54, 1.807) is 42.5 Å². The molecule has 2 aliphatic rings. The van der Waals surface area contributed by atoms with Crippen LogP contribution >= 0.6 is 0 Å². The van der Waals surface area contributed by atoms with E-state index in [1.807, 2.05) is 0 Å². The fraction of sp³-hybridized carbons (Fsp3) is 0.290. The number of carbonyl (C=O) groups excluding carboxylic acids is 3. The fourth-order valence-electron chi connectivity index (χ4n) is 5.45. The third kappa shape index (κ3) is 7.57. The first-order chi connectivity index (χ1) is 22.0. The topological polar surface area (TPSA) is 193 Å². The summed E-state index contributed by atoms with van der Waals surface area (Å²) >= 11 is 0. The summed E-state index contributed by atoms with van der Waals surface area (Å²) in [7, 11) is -0.824. The molecule has 3 aromatic carbocycles. The SMILES string of the molecule is COc1ccc(CC(CC(=O)O)NC(=O)[C@@H](NC(=O)c2ccc3c(c2)B(O)OC3)[C@H](C)NC(=O)c2ccc3c(c2)B(O)OC3)cc1. The largest absolute Gasteiger partial charge is 0.497 e. The Morgan fingerprint density at radius 3 is 1.89 bits per heavy atom. The zero-order valence-electron chi connectivity index (χ0n) is 25.2. The Morgan fingerprint density at radius 2 is 1.37 bits per heavy atom. The van der Waals surface area contributed by atoms with Gasteiger partial charge in [0.2, 0.25) is 5.91 Å². The van der Waals surface area contributed by atoms with Crippen molar-refractivity contribution in [3.8, 4) is 5.75 Å². The van der Waals surface area contributed by atoms with Crippen molar-refractivity contribution in [1.29, 1.82) is 0 Å². The molecule has 0 saturated heterocycles. The number of methoxy groups -OCH3 is 1. The molecule has 1 unspecified atom stereocenters. The van der Waals surface area contributed by atoms with Gasteiger partial charge in [0, 0.05) is 17.2 Å². The minimum absolute atomic E-state index is 0.146. The van der Waals surface area contributed by atoms with E-state index < -0.39 is 62.5 Å². The molecule has 3 aromatic rings. The lowest BCUT2D eigenvalue weighted by molar-refractivity contribution is -0.137. The van der Waals surface area contributed by atoms with Gasteiger partial charge in [-0.15, -0.1) is 0 Å². The van der Waals surface area contributed by atoms with Crippen molar-refractivity contribution < 1.29 is 48.4 Å². The molecular formula is C31H33B2N3O10. The van der Waals surface area contributed by atoms with Gasteiger partial charge in [0.1, 0.15) is 11.8 Å². The van der Waals surface area contributed by atoms with Crippen molar-refractivity contribution in [3.63, 3.8) is 0 Å². The average Bonchev–Trinajstić information content (AvgIpc) is 3.60. The summed E-state index contributed by atoms with van der Waals surface area (Å²) in [5.41, 5.74) is 3.45. The first-order valence-electron chi connectivity index (χ1n) is 14.6. The van der Waals surface area contributed by atoms with Crippen molar-refractivity contribution >= 4 is 48.9 Å². The maximum Gasteiger partial charge on any atom is 0.491 e. The molecule has 5 rings (SSSR count). The molecule has 0 bridgehead atoms. The number of aliphatic carboxylic acids is 1. The van der Waals surface area contributed by atoms with Crippen molar-refractivity contribution in [2.75, 3.05) is 7.11 Å². The average molecular weight is 629 g/mol. The second-order valence-corrected chi connectivity index (χ2v) is 11.2. The van der Waals surface area contributed by atoms with Crippen molar-refractivity contribution in [2.24, 2.45) is 0 Å². The van der Waals surface area contributed by atoms with Gasteiger partial charge in [-0.3, -0.25) is 19.2 Å². The Balaban J connectivity index is 1.37. The number of fused-ring (bicyclic) bond motifs is 2. The molecule has 0 fully saturated rings. The monoisotopic (exact) mass is 629 g/mol. The molecule has 2 heterocycles. The minimum Gasteiger partial charge on any atom is -0.497 e. The maximum atomic E-state index is 13.8. The van der Waals surface area contributed by atoms with Crippen LogP contribution in [0.2, 0.25) is 0 Å². The lowest BCUT2D eigenvalue weighted by Crippen LogP contribution is -2.59. The van der Waals surface area contributed by atoms with Gasteiger partial charge < -0.3 is 45.2 Å². The van der Waals surface area contributed by atoms with Crippen LogP contribution in [0.5, 0.6) is 5.75 Å². The van der Waals surface area contributed by atoms with Crippen LogP contribution in [0.3, 0.4) is 0 Å². The lowest BCUT2D eigenvalue weighted by Gasteiger charge is -2.28. The second-order valence-electron chi connectivity index (χ2n) is 11.2. The predicted octanol–water partition coefficient (Wildman–Crippen LogP) is -0.750. The van der Waals surface area contributed by atoms with E-state index in [0.29, 0.717) is 16.7 Å². The van der Waals surface area contributed by atoms with Gasteiger partial charge in [-0.05, 0) is 77.4 Å². The second kappa shape index (κ2) is 14.2. The van der Waals surface area contributed by atoms with Gasteiger partial charge >= 0.3 is 20.2 Å². The number of rotatable bonds is 12. The molecular weight excluding hydrogens is 596 g/mol. The number of hydrogen-bond donors (Lipinski definition) is 6. The molecule has 0 spiro atoms. The van der Waals surface area contributed by atoms with Crippen LogP contribution < -0.4 is 31.6 Å². The third-order valence-electron chi connectivity index (χ3n) is 7.98. The Bertz CT molecular complexity index is 1640. The molecule has 2 aliphatic heterocycles. The Hall–Kier alpha value is -4.69. The fourth-order valence-corrected chi connectivity index (χ4v) is 5.45. The Morgan fingerprint density at radius 1 is 0.826 bits per heavy atom. The van der Waals surface area contributed by atoms with Crippen molar-refractivity contribution in [2.45, 2.75) is 51.1 Å². The number of carboxylic acids is 1. The van der Waals surface area contributed by atoms with Crippen LogP contribution in [-0.4, -0.2) is 78.3 Å². The number of carboxylic acid groups (broad SMARTS) is 1. The van der Waals surface area contributed by atoms with Crippen LogP contribution in [0.25, 0.3) is 0 Å². The van der Waals surface area contributed by atoms with Gasteiger partial charge in [0.25, 0.3) is 11.8 Å². The van der Waals surface area contributed by atoms with Gasteiger partial charge in [-0.25, -0.2) is 0 Å². The van der Waals surface area contributed by atoms with E-state index in [4.69, 9.17) is 14.0 Å². The summed E-state index contributed by atoms with van der Waals surface area (Å²) in [5.74, 6) is -2.47. The highest BCUT2D eigenvalue weighted by atomic mass is 16.5. The van der Waals surface area contributed by atoms with Gasteiger partial charge in [0.05, 0.1) is 32.8 Å². The summed E-state index contributed by atoms with van der Waals surface area (Å²) in [6, 6.07) is 13.1. The molecule has 0 aliphatic carbocycles. The minimum atomic E-state index is -1.35. The summed E-state index contributed by atoms with van der Waals surface area (Å²) in [5, 5.41) is 37.9. The van der Waals surface area contributed by atoms with E-state index in [2.05, 4.69) is 16.0 Å². The van der Waals surface area contributed by atoms with Crippen LogP contribution in [0.4, 0.5) is 0 Å². The standard InChI is InChI=1S/C31H33B2N3O10/c1-17(34-29(39)19-5-7-21-15-45-32(42)25(21)12-19)28(36-30(40)20-6-8-22-16-46-33(43)26(22)13-20)31(41)35-23(14-27(37)38)11-18-3-9-24(44-2)10-4-18/h3-10,12-13,17,23,28,42-43H,11,14-16H2,1-2H3,(H,34,39)(H,35,41)(H,36,40)(H,37,38)/t17-,23?,28-/m0/s1. The molecule has 238 valence electrons. The Labute approximate surface area is 265 Å². The molecule has 0 aromatic heterocycles. The normalized spacial score (nSPS) is 15.3. The van der Waals surface area contributed by atoms with Crippen molar-refractivity contribution in [3.05, 3.63) is 88.5 Å². The Kier molecular flexibility index (Phi) is 10.1. The zero-order valence-corrected chi connectivity index (χ0v) is 25.2. The molecule has 46 heavy (non-hydrogen) atoms. The number of nitrogens with one attached hydrogen (secondary N) is 3. The van der Waals surface area contributed by atoms with E-state index >= 15 is 0 Å². The van der Waals surface area contributed by atoms with E-state index in [9.17, 15) is 34.3 Å². The van der Waals surface area contributed by atoms with Gasteiger partial charge in [-0.2, -0.15) is 0 Å². The highest BCUT2D eigenvalue weighted by Gasteiger charge is 2.33. The molecule has 0 saturated carbocycles. The molecule has 0 radical (unpaired) electrons. The van der Waals surface area contributed by atoms with Crippen LogP contribution in [-0.2, 0) is 38.5 Å². The lowest BCUT2D eigenvalue weighted by atomic mass is 9.78. The van der Waals surface area contributed by atoms with Crippen LogP contribution in [0.1, 0.15) is 50.8 Å². The first-order valence-corrected chi connectivity index (χ1v) is 14.6. The predicted molar refractivity (Wildman–Crippen MR) is 167 cm³/mol. The van der Waals surface area contributed by atoms with Crippen LogP contribution in [0.15, 0.2) is 60.7 Å². The molecule has 3 atom stereocenters. The summed E-state index contributed by atoms with van der Waals surface area (Å²) < 4.78 is 15.6. The number of hydrogen-bond acceptors (Lipinski definition) is 9. The van der Waals surface area contributed by atoms with Gasteiger partial charge in [-0.1, -0.05) is 24.3 Å². The van der Waals surface area contributed by atoms with E-state index in [0.717, 1.165) is 16.7 Å². The third-order valence-corrected chi connectivity index (χ3v) is 7.98. The molecule has 6 N–H and O–H groups in total. The van der Waals surface area contributed by atoms with E-state index in [1.165, 1.54) is 32.2 Å². The van der Waals surface area contributed by atoms with Gasteiger partial charge in [0.15, 0.2) is 0 Å². The first kappa shape index (κ1) is 32.7. The number of ether oxygens (including phenoxy) is 1. The van der Waals surface area contributed by atoms with Crippen LogP contribution in [0, 0.1) is 0 Å². The van der Waals surface area contributed by atoms with Crippen molar-refractivity contribution in [1.82, 2.24) is 16.0 Å². The maximum absolute atomic E-state index is 13.8. The summed E-state index contributed by atoms with van der Waals surface area (Å²) in [6.45, 7) is 1.93. The molecule has 15 heteroatoms. The van der Waals surface area contributed by atoms with E-state index in [-0.39, 0.29) is 30.8 Å². The number of benzene rings is 3. The smallest absolute Gasteiger partial charge is 0.491 e. The quantitative estimate of drug-likeness (QED) is 0.139. The summed E-state index contributed by atoms with van der Waals surface area (Å²) in [6.07, 6.45) is -0.229. The zero-order chi connectivity index (χ0) is 33.0. The molecule has 3 amide bonds. The number of carbonyl (C=O) groups is 4. The highest BCUT2D eigenvalue weighted by Crippen LogP contribution is 2.16.